The molecule has 4 aliphatic rings. The summed E-state index contributed by atoms with van der Waals surface area (Å²) in [6.07, 6.45) is 6.01. The van der Waals surface area contributed by atoms with Gasteiger partial charge in [-0.2, -0.15) is 0 Å². The van der Waals surface area contributed by atoms with Crippen molar-refractivity contribution < 1.29 is 25.2 Å². The van der Waals surface area contributed by atoms with Crippen LogP contribution in [0.15, 0.2) is 23.8 Å². The van der Waals surface area contributed by atoms with Gasteiger partial charge < -0.3 is 20.4 Å². The lowest BCUT2D eigenvalue weighted by molar-refractivity contribution is -0.205. The van der Waals surface area contributed by atoms with Gasteiger partial charge in [0, 0.05) is 16.7 Å². The Morgan fingerprint density at radius 1 is 1.33 bits per heavy atom. The molecule has 0 bridgehead atoms. The van der Waals surface area contributed by atoms with Gasteiger partial charge in [0.15, 0.2) is 5.78 Å². The lowest BCUT2D eigenvalue weighted by atomic mass is 9.44. The first-order valence-corrected chi connectivity index (χ1v) is 10.2. The third-order valence-corrected chi connectivity index (χ3v) is 8.76. The molecular weight excluding hydrogens is 344 g/mol. The zero-order chi connectivity index (χ0) is 19.8. The summed E-state index contributed by atoms with van der Waals surface area (Å²) in [5.41, 5.74) is -1.26. The van der Waals surface area contributed by atoms with E-state index in [1.807, 2.05) is 13.0 Å². The third kappa shape index (κ3) is 2.35. The van der Waals surface area contributed by atoms with Crippen LogP contribution in [0.2, 0.25) is 0 Å². The smallest absolute Gasteiger partial charge is 0.178 e. The molecule has 3 saturated carbocycles. The SMILES string of the molecule is C[C@H]1C[C@@H]2[C@@H]([C@@H](O)C[C@@]3(C)[C@H]2CC[C@]3(O)[C@@H](O)CO)[C@@]2(C)C=CC(=O)C=C12. The van der Waals surface area contributed by atoms with Crippen LogP contribution < -0.4 is 0 Å². The first kappa shape index (κ1) is 19.3. The summed E-state index contributed by atoms with van der Waals surface area (Å²) in [7, 11) is 0. The number of allylic oxidation sites excluding steroid dienone is 4. The summed E-state index contributed by atoms with van der Waals surface area (Å²) >= 11 is 0. The maximum absolute atomic E-state index is 12.0. The summed E-state index contributed by atoms with van der Waals surface area (Å²) in [5, 5.41) is 42.5. The molecule has 4 aliphatic carbocycles. The molecule has 5 nitrogen and oxygen atoms in total. The number of ketones is 1. The summed E-state index contributed by atoms with van der Waals surface area (Å²) in [4.78, 5) is 12.0. The summed E-state index contributed by atoms with van der Waals surface area (Å²) in [6, 6.07) is 0. The molecule has 5 heteroatoms. The van der Waals surface area contributed by atoms with Gasteiger partial charge >= 0.3 is 0 Å². The van der Waals surface area contributed by atoms with E-state index in [1.165, 1.54) is 0 Å². The fourth-order valence-corrected chi connectivity index (χ4v) is 7.49. The van der Waals surface area contributed by atoms with Crippen molar-refractivity contribution in [2.75, 3.05) is 6.61 Å². The fraction of sp³-hybridized carbons (Fsp3) is 0.773. The van der Waals surface area contributed by atoms with E-state index in [2.05, 4.69) is 13.8 Å². The van der Waals surface area contributed by atoms with Crippen molar-refractivity contribution in [1.82, 2.24) is 0 Å². The average Bonchev–Trinajstić information content (AvgIpc) is 2.87. The first-order valence-electron chi connectivity index (χ1n) is 10.2. The molecule has 3 fully saturated rings. The second kappa shape index (κ2) is 5.99. The zero-order valence-corrected chi connectivity index (χ0v) is 16.4. The van der Waals surface area contributed by atoms with Crippen LogP contribution in [-0.2, 0) is 4.79 Å². The molecule has 150 valence electrons. The Hall–Kier alpha value is -1.01. The van der Waals surface area contributed by atoms with Gasteiger partial charge in [-0.25, -0.2) is 0 Å². The van der Waals surface area contributed by atoms with E-state index in [9.17, 15) is 25.2 Å². The van der Waals surface area contributed by atoms with E-state index < -0.39 is 29.8 Å². The highest BCUT2D eigenvalue weighted by molar-refractivity contribution is 6.01. The molecule has 0 amide bonds. The molecule has 0 aromatic carbocycles. The molecule has 0 aromatic rings. The predicted octanol–water partition coefficient (Wildman–Crippen LogP) is 1.60. The van der Waals surface area contributed by atoms with E-state index in [0.717, 1.165) is 18.4 Å². The Kier molecular flexibility index (Phi) is 4.29. The third-order valence-electron chi connectivity index (χ3n) is 8.76. The van der Waals surface area contributed by atoms with E-state index >= 15 is 0 Å². The number of rotatable bonds is 2. The van der Waals surface area contributed by atoms with Gasteiger partial charge in [0.2, 0.25) is 0 Å². The van der Waals surface area contributed by atoms with Crippen LogP contribution >= 0.6 is 0 Å². The highest BCUT2D eigenvalue weighted by Gasteiger charge is 2.68. The minimum Gasteiger partial charge on any atom is -0.394 e. The molecule has 0 aliphatic heterocycles. The molecule has 0 saturated heterocycles. The number of aliphatic hydroxyl groups is 4. The number of aliphatic hydroxyl groups excluding tert-OH is 3. The molecule has 0 radical (unpaired) electrons. The quantitative estimate of drug-likeness (QED) is 0.587. The van der Waals surface area contributed by atoms with E-state index in [0.29, 0.717) is 12.8 Å². The number of hydrogen-bond acceptors (Lipinski definition) is 5. The second-order valence-electron chi connectivity index (χ2n) is 9.90. The van der Waals surface area contributed by atoms with Gasteiger partial charge in [-0.15, -0.1) is 0 Å². The lowest BCUT2D eigenvalue weighted by Gasteiger charge is -2.61. The minimum atomic E-state index is -1.38. The van der Waals surface area contributed by atoms with Crippen LogP contribution in [0.25, 0.3) is 0 Å². The number of carbonyl (C=O) groups is 1. The van der Waals surface area contributed by atoms with Crippen molar-refractivity contribution >= 4 is 5.78 Å². The molecule has 9 atom stereocenters. The molecule has 0 aromatic heterocycles. The maximum Gasteiger partial charge on any atom is 0.178 e. The Morgan fingerprint density at radius 3 is 2.70 bits per heavy atom. The second-order valence-corrected chi connectivity index (χ2v) is 9.90. The molecule has 0 spiro atoms. The van der Waals surface area contributed by atoms with Crippen molar-refractivity contribution in [2.45, 2.75) is 64.3 Å². The summed E-state index contributed by atoms with van der Waals surface area (Å²) < 4.78 is 0. The average molecular weight is 376 g/mol. The van der Waals surface area contributed by atoms with Gasteiger partial charge in [-0.1, -0.05) is 32.4 Å². The highest BCUT2D eigenvalue weighted by Crippen LogP contribution is 2.68. The lowest BCUT2D eigenvalue weighted by Crippen LogP contribution is -2.63. The Bertz CT molecular complexity index is 713. The monoisotopic (exact) mass is 376 g/mol. The molecule has 27 heavy (non-hydrogen) atoms. The zero-order valence-electron chi connectivity index (χ0n) is 16.4. The molecule has 0 heterocycles. The van der Waals surface area contributed by atoms with Crippen LogP contribution in [-0.4, -0.2) is 50.6 Å². The van der Waals surface area contributed by atoms with Gasteiger partial charge in [-0.3, -0.25) is 4.79 Å². The number of hydrogen-bond donors (Lipinski definition) is 4. The van der Waals surface area contributed by atoms with E-state index in [4.69, 9.17) is 0 Å². The maximum atomic E-state index is 12.0. The van der Waals surface area contributed by atoms with Crippen LogP contribution in [0.3, 0.4) is 0 Å². The van der Waals surface area contributed by atoms with Gasteiger partial charge in [0.05, 0.1) is 18.3 Å². The Morgan fingerprint density at radius 2 is 2.04 bits per heavy atom. The fourth-order valence-electron chi connectivity index (χ4n) is 7.49. The van der Waals surface area contributed by atoms with Crippen molar-refractivity contribution in [3.63, 3.8) is 0 Å². The predicted molar refractivity (Wildman–Crippen MR) is 101 cm³/mol. The first-order chi connectivity index (χ1) is 12.6. The van der Waals surface area contributed by atoms with Crippen molar-refractivity contribution in [2.24, 2.45) is 34.5 Å². The highest BCUT2D eigenvalue weighted by atomic mass is 16.4. The van der Waals surface area contributed by atoms with Crippen LogP contribution in [0.5, 0.6) is 0 Å². The van der Waals surface area contributed by atoms with Crippen LogP contribution in [0.4, 0.5) is 0 Å². The normalized spacial score (nSPS) is 52.6. The topological polar surface area (TPSA) is 98.0 Å². The molecule has 4 N–H and O–H groups in total. The van der Waals surface area contributed by atoms with E-state index in [1.54, 1.807) is 12.2 Å². The minimum absolute atomic E-state index is 0.00371. The summed E-state index contributed by atoms with van der Waals surface area (Å²) in [5.74, 6) is 0.619. The summed E-state index contributed by atoms with van der Waals surface area (Å²) in [6.45, 7) is 5.77. The van der Waals surface area contributed by atoms with Crippen molar-refractivity contribution in [3.8, 4) is 0 Å². The van der Waals surface area contributed by atoms with Crippen molar-refractivity contribution in [1.29, 1.82) is 0 Å². The van der Waals surface area contributed by atoms with Crippen LogP contribution in [0.1, 0.15) is 46.5 Å². The number of carbonyl (C=O) groups excluding carboxylic acids is 1. The Balaban J connectivity index is 1.77. The number of fused-ring (bicyclic) bond motifs is 5. The standard InChI is InChI=1S/C22H32O5/c1-12-8-14-15-5-7-22(27,18(26)11-23)21(15,3)10-17(25)19(14)20(2)6-4-13(24)9-16(12)20/h4,6,9,12,14-15,17-19,23,25-27H,5,7-8,10-11H2,1-3H3/t12-,14-,15-,17-,18-,19-,20-,21-,22-/m0/s1. The molecule has 0 unspecified atom stereocenters. The van der Waals surface area contributed by atoms with Crippen LogP contribution in [0, 0.1) is 34.5 Å². The van der Waals surface area contributed by atoms with Gasteiger partial charge in [0.25, 0.3) is 0 Å². The molecule has 4 rings (SSSR count). The van der Waals surface area contributed by atoms with Gasteiger partial charge in [-0.05, 0) is 55.6 Å². The van der Waals surface area contributed by atoms with E-state index in [-0.39, 0.29) is 34.9 Å². The Labute approximate surface area is 160 Å². The van der Waals surface area contributed by atoms with Gasteiger partial charge in [0.1, 0.15) is 6.10 Å². The molecular formula is C22H32O5. The largest absolute Gasteiger partial charge is 0.394 e. The van der Waals surface area contributed by atoms with Crippen molar-refractivity contribution in [3.05, 3.63) is 23.8 Å².